The Balaban J connectivity index is 2.42. The topological polar surface area (TPSA) is 21.3 Å². The summed E-state index contributed by atoms with van der Waals surface area (Å²) < 4.78 is 5.48. The number of hydrogen-bond donors (Lipinski definition) is 1. The van der Waals surface area contributed by atoms with Crippen molar-refractivity contribution in [2.75, 3.05) is 20.2 Å². The molecular formula is C14H20ClNO. The molecule has 0 bridgehead atoms. The Morgan fingerprint density at radius 1 is 1.35 bits per heavy atom. The van der Waals surface area contributed by atoms with Crippen molar-refractivity contribution in [3.63, 3.8) is 0 Å². The Hall–Kier alpha value is -0.730. The lowest BCUT2D eigenvalue weighted by molar-refractivity contribution is 0.404. The van der Waals surface area contributed by atoms with Gasteiger partial charge in [-0.3, -0.25) is 0 Å². The fourth-order valence-corrected chi connectivity index (χ4v) is 2.92. The van der Waals surface area contributed by atoms with E-state index in [2.05, 4.69) is 18.3 Å². The van der Waals surface area contributed by atoms with Gasteiger partial charge < -0.3 is 10.1 Å². The van der Waals surface area contributed by atoms with Crippen LogP contribution in [0.5, 0.6) is 5.75 Å². The molecule has 1 heterocycles. The first-order valence-corrected chi connectivity index (χ1v) is 6.57. The fraction of sp³-hybridized carbons (Fsp3) is 0.571. The third-order valence-electron chi connectivity index (χ3n) is 3.70. The first-order valence-electron chi connectivity index (χ1n) is 6.19. The molecule has 1 saturated heterocycles. The molecule has 94 valence electrons. The quantitative estimate of drug-likeness (QED) is 0.872. The second-order valence-corrected chi connectivity index (χ2v) is 5.18. The number of hydrogen-bond acceptors (Lipinski definition) is 2. The van der Waals surface area contributed by atoms with Crippen LogP contribution in [0.4, 0.5) is 0 Å². The van der Waals surface area contributed by atoms with Crippen molar-refractivity contribution in [1.29, 1.82) is 0 Å². The largest absolute Gasteiger partial charge is 0.496 e. The maximum absolute atomic E-state index is 6.29. The number of ether oxygens (including phenoxy) is 1. The molecule has 1 unspecified atom stereocenters. The first-order chi connectivity index (χ1) is 8.15. The highest BCUT2D eigenvalue weighted by Gasteiger charge is 2.21. The van der Waals surface area contributed by atoms with E-state index in [9.17, 15) is 0 Å². The predicted molar refractivity (Wildman–Crippen MR) is 72.3 cm³/mol. The van der Waals surface area contributed by atoms with Crippen molar-refractivity contribution < 1.29 is 4.74 Å². The van der Waals surface area contributed by atoms with Gasteiger partial charge in [0.2, 0.25) is 0 Å². The van der Waals surface area contributed by atoms with E-state index in [-0.39, 0.29) is 0 Å². The monoisotopic (exact) mass is 253 g/mol. The Bertz CT molecular complexity index is 411. The van der Waals surface area contributed by atoms with E-state index in [0.29, 0.717) is 5.92 Å². The normalized spacial score (nSPS) is 20.4. The van der Waals surface area contributed by atoms with E-state index in [4.69, 9.17) is 16.3 Å². The third-order valence-corrected chi connectivity index (χ3v) is 4.09. The summed E-state index contributed by atoms with van der Waals surface area (Å²) in [5.74, 6) is 1.51. The minimum Gasteiger partial charge on any atom is -0.496 e. The molecule has 1 aliphatic heterocycles. The molecule has 0 spiro atoms. The molecule has 0 saturated carbocycles. The molecule has 1 atom stereocenters. The SMILES string of the molecule is COc1c(C)c(Cl)cc(C2CCCNC2)c1C. The average Bonchev–Trinajstić information content (AvgIpc) is 2.36. The molecule has 17 heavy (non-hydrogen) atoms. The van der Waals surface area contributed by atoms with E-state index < -0.39 is 0 Å². The number of rotatable bonds is 2. The van der Waals surface area contributed by atoms with Crippen LogP contribution in [-0.4, -0.2) is 20.2 Å². The molecule has 0 radical (unpaired) electrons. The van der Waals surface area contributed by atoms with E-state index in [0.717, 1.165) is 29.4 Å². The molecule has 2 nitrogen and oxygen atoms in total. The second kappa shape index (κ2) is 5.28. The van der Waals surface area contributed by atoms with Crippen molar-refractivity contribution in [3.05, 3.63) is 27.8 Å². The van der Waals surface area contributed by atoms with Gasteiger partial charge in [-0.05, 0) is 56.3 Å². The molecule has 0 amide bonds. The zero-order chi connectivity index (χ0) is 12.4. The van der Waals surface area contributed by atoms with Crippen LogP contribution >= 0.6 is 11.6 Å². The Morgan fingerprint density at radius 3 is 2.71 bits per heavy atom. The lowest BCUT2D eigenvalue weighted by Gasteiger charge is -2.26. The third kappa shape index (κ3) is 2.43. The number of halogens is 1. The maximum Gasteiger partial charge on any atom is 0.126 e. The molecule has 1 fully saturated rings. The van der Waals surface area contributed by atoms with Crippen LogP contribution < -0.4 is 10.1 Å². The van der Waals surface area contributed by atoms with E-state index in [1.165, 1.54) is 24.0 Å². The van der Waals surface area contributed by atoms with Gasteiger partial charge in [-0.25, -0.2) is 0 Å². The minimum absolute atomic E-state index is 0.566. The van der Waals surface area contributed by atoms with Gasteiger partial charge >= 0.3 is 0 Å². The predicted octanol–water partition coefficient (Wildman–Crippen LogP) is 3.43. The summed E-state index contributed by atoms with van der Waals surface area (Å²) in [6, 6.07) is 2.12. The maximum atomic E-state index is 6.29. The van der Waals surface area contributed by atoms with E-state index in [1.807, 2.05) is 6.92 Å². The highest BCUT2D eigenvalue weighted by Crippen LogP contribution is 2.37. The molecule has 0 aliphatic carbocycles. The van der Waals surface area contributed by atoms with Gasteiger partial charge in [0, 0.05) is 17.1 Å². The van der Waals surface area contributed by atoms with Crippen LogP contribution in [0.2, 0.25) is 5.02 Å². The molecule has 1 aromatic carbocycles. The summed E-state index contributed by atoms with van der Waals surface area (Å²) in [6.07, 6.45) is 2.47. The van der Waals surface area contributed by atoms with Crippen molar-refractivity contribution in [2.24, 2.45) is 0 Å². The van der Waals surface area contributed by atoms with Gasteiger partial charge in [0.1, 0.15) is 5.75 Å². The molecule has 1 aliphatic rings. The van der Waals surface area contributed by atoms with Gasteiger partial charge in [0.25, 0.3) is 0 Å². The molecular weight excluding hydrogens is 234 g/mol. The van der Waals surface area contributed by atoms with Crippen LogP contribution in [0.15, 0.2) is 6.07 Å². The summed E-state index contributed by atoms with van der Waals surface area (Å²) in [7, 11) is 1.72. The van der Waals surface area contributed by atoms with Gasteiger partial charge in [-0.15, -0.1) is 0 Å². The van der Waals surface area contributed by atoms with Gasteiger partial charge in [-0.1, -0.05) is 11.6 Å². The molecule has 2 rings (SSSR count). The summed E-state index contributed by atoms with van der Waals surface area (Å²) in [5, 5.41) is 4.26. The summed E-state index contributed by atoms with van der Waals surface area (Å²) >= 11 is 6.29. The summed E-state index contributed by atoms with van der Waals surface area (Å²) in [4.78, 5) is 0. The smallest absolute Gasteiger partial charge is 0.126 e. The first kappa shape index (κ1) is 12.7. The van der Waals surface area contributed by atoms with Crippen LogP contribution in [0, 0.1) is 13.8 Å². The number of methoxy groups -OCH3 is 1. The Labute approximate surface area is 108 Å². The van der Waals surface area contributed by atoms with Crippen LogP contribution in [0.3, 0.4) is 0 Å². The number of nitrogens with one attached hydrogen (secondary N) is 1. The molecule has 1 aromatic rings. The van der Waals surface area contributed by atoms with Crippen molar-refractivity contribution in [3.8, 4) is 5.75 Å². The van der Waals surface area contributed by atoms with Crippen LogP contribution in [-0.2, 0) is 0 Å². The summed E-state index contributed by atoms with van der Waals surface area (Å²) in [5.41, 5.74) is 3.62. The Kier molecular flexibility index (Phi) is 3.95. The van der Waals surface area contributed by atoms with E-state index >= 15 is 0 Å². The lowest BCUT2D eigenvalue weighted by Crippen LogP contribution is -2.28. The zero-order valence-corrected chi connectivity index (χ0v) is 11.5. The number of piperidine rings is 1. The standard InChI is InChI=1S/C14H20ClNO/c1-9-12(11-5-4-6-16-8-11)7-13(15)10(2)14(9)17-3/h7,11,16H,4-6,8H2,1-3H3. The van der Waals surface area contributed by atoms with Gasteiger partial charge in [0.05, 0.1) is 7.11 Å². The zero-order valence-electron chi connectivity index (χ0n) is 10.8. The molecule has 0 aromatic heterocycles. The van der Waals surface area contributed by atoms with Crippen molar-refractivity contribution >= 4 is 11.6 Å². The minimum atomic E-state index is 0.566. The van der Waals surface area contributed by atoms with Gasteiger partial charge in [0.15, 0.2) is 0 Å². The fourth-order valence-electron chi connectivity index (χ4n) is 2.72. The molecule has 3 heteroatoms. The van der Waals surface area contributed by atoms with Crippen LogP contribution in [0.25, 0.3) is 0 Å². The highest BCUT2D eigenvalue weighted by atomic mass is 35.5. The van der Waals surface area contributed by atoms with E-state index in [1.54, 1.807) is 7.11 Å². The Morgan fingerprint density at radius 2 is 2.12 bits per heavy atom. The average molecular weight is 254 g/mol. The van der Waals surface area contributed by atoms with Crippen molar-refractivity contribution in [2.45, 2.75) is 32.6 Å². The molecule has 1 N–H and O–H groups in total. The second-order valence-electron chi connectivity index (χ2n) is 4.77. The summed E-state index contributed by atoms with van der Waals surface area (Å²) in [6.45, 7) is 6.32. The van der Waals surface area contributed by atoms with Gasteiger partial charge in [-0.2, -0.15) is 0 Å². The lowest BCUT2D eigenvalue weighted by atomic mass is 9.87. The number of benzene rings is 1. The van der Waals surface area contributed by atoms with Crippen LogP contribution in [0.1, 0.15) is 35.4 Å². The van der Waals surface area contributed by atoms with Crippen molar-refractivity contribution in [1.82, 2.24) is 5.32 Å². The highest BCUT2D eigenvalue weighted by molar-refractivity contribution is 6.31.